The van der Waals surface area contributed by atoms with Crippen molar-refractivity contribution in [3.63, 3.8) is 0 Å². The average Bonchev–Trinajstić information content (AvgIpc) is 3.30. The lowest BCUT2D eigenvalue weighted by molar-refractivity contribution is -0.131. The van der Waals surface area contributed by atoms with Gasteiger partial charge in [-0.15, -0.1) is 0 Å². The summed E-state index contributed by atoms with van der Waals surface area (Å²) < 4.78 is 6.56. The third kappa shape index (κ3) is 2.33. The molecule has 0 spiro atoms. The zero-order valence-electron chi connectivity index (χ0n) is 17.6. The Morgan fingerprint density at radius 2 is 1.77 bits per heavy atom. The Morgan fingerprint density at radius 1 is 1.07 bits per heavy atom. The minimum Gasteiger partial charge on any atom is -0.486 e. The molecule has 1 N–H and O–H groups in total. The van der Waals surface area contributed by atoms with E-state index in [1.807, 2.05) is 18.2 Å². The van der Waals surface area contributed by atoms with Crippen LogP contribution >= 0.6 is 0 Å². The topological polar surface area (TPSA) is 63.6 Å². The summed E-state index contributed by atoms with van der Waals surface area (Å²) in [5.41, 5.74) is 3.06. The van der Waals surface area contributed by atoms with E-state index in [2.05, 4.69) is 20.8 Å². The van der Waals surface area contributed by atoms with Crippen LogP contribution in [0.15, 0.2) is 48.5 Å². The number of carboxylic acid groups (broad SMARTS) is 1. The third-order valence-electron chi connectivity index (χ3n) is 8.41. The van der Waals surface area contributed by atoms with Crippen LogP contribution in [0.4, 0.5) is 0 Å². The van der Waals surface area contributed by atoms with Gasteiger partial charge in [0.25, 0.3) is 0 Å². The van der Waals surface area contributed by atoms with Crippen LogP contribution in [0, 0.1) is 11.3 Å². The average molecular weight is 402 g/mol. The van der Waals surface area contributed by atoms with Crippen LogP contribution in [-0.4, -0.2) is 22.5 Å². The van der Waals surface area contributed by atoms with Crippen LogP contribution in [0.2, 0.25) is 0 Å². The molecule has 4 atom stereocenters. The first-order chi connectivity index (χ1) is 14.2. The molecule has 3 aliphatic rings. The molecule has 2 fully saturated rings. The van der Waals surface area contributed by atoms with E-state index in [4.69, 9.17) is 9.84 Å². The quantitative estimate of drug-likeness (QED) is 0.561. The number of fused-ring (bicyclic) bond motifs is 7. The standard InChI is InChI=1S/C26H26O4/c1-24-13-12-19(15-24)26(3)25(24,2)20-14-18(9-10-21(20)30-26)23(29)17-7-4-16(5-8-17)6-11-22(27)28/h4-11,14,19H,12-13,15H2,1-3H3,(H,27,28)/b11-6+. The number of carbonyl (C=O) groups excluding carboxylic acids is 1. The maximum atomic E-state index is 13.2. The molecule has 2 aromatic rings. The maximum Gasteiger partial charge on any atom is 0.328 e. The van der Waals surface area contributed by atoms with Gasteiger partial charge in [0.15, 0.2) is 5.78 Å². The Bertz CT molecular complexity index is 1100. The number of hydrogen-bond donors (Lipinski definition) is 1. The molecule has 2 aliphatic carbocycles. The van der Waals surface area contributed by atoms with Crippen molar-refractivity contribution in [3.05, 3.63) is 70.8 Å². The Labute approximate surface area is 176 Å². The van der Waals surface area contributed by atoms with Gasteiger partial charge in [-0.25, -0.2) is 4.79 Å². The predicted molar refractivity (Wildman–Crippen MR) is 115 cm³/mol. The minimum absolute atomic E-state index is 0.0305. The van der Waals surface area contributed by atoms with Gasteiger partial charge < -0.3 is 9.84 Å². The van der Waals surface area contributed by atoms with E-state index >= 15 is 0 Å². The molecule has 0 radical (unpaired) electrons. The van der Waals surface area contributed by atoms with Crippen LogP contribution < -0.4 is 4.74 Å². The largest absolute Gasteiger partial charge is 0.486 e. The first-order valence-electron chi connectivity index (χ1n) is 10.6. The molecule has 0 aromatic heterocycles. The van der Waals surface area contributed by atoms with E-state index in [0.717, 1.165) is 17.4 Å². The molecule has 154 valence electrons. The summed E-state index contributed by atoms with van der Waals surface area (Å²) >= 11 is 0. The Morgan fingerprint density at radius 3 is 2.47 bits per heavy atom. The normalized spacial score (nSPS) is 33.4. The van der Waals surface area contributed by atoms with Gasteiger partial charge >= 0.3 is 5.97 Å². The second kappa shape index (κ2) is 6.07. The molecular formula is C26H26O4. The Balaban J connectivity index is 1.49. The fourth-order valence-corrected chi connectivity index (χ4v) is 6.41. The van der Waals surface area contributed by atoms with Crippen LogP contribution in [0.3, 0.4) is 0 Å². The molecule has 30 heavy (non-hydrogen) atoms. The third-order valence-corrected chi connectivity index (χ3v) is 8.41. The number of ether oxygens (including phenoxy) is 1. The smallest absolute Gasteiger partial charge is 0.328 e. The van der Waals surface area contributed by atoms with Gasteiger partial charge in [0, 0.05) is 28.2 Å². The summed E-state index contributed by atoms with van der Waals surface area (Å²) in [4.78, 5) is 23.9. The van der Waals surface area contributed by atoms with E-state index in [0.29, 0.717) is 17.0 Å². The molecule has 1 aliphatic heterocycles. The number of carbonyl (C=O) groups is 2. The van der Waals surface area contributed by atoms with Gasteiger partial charge in [-0.2, -0.15) is 0 Å². The highest BCUT2D eigenvalue weighted by atomic mass is 16.5. The fraction of sp³-hybridized carbons (Fsp3) is 0.385. The van der Waals surface area contributed by atoms with E-state index in [9.17, 15) is 9.59 Å². The van der Waals surface area contributed by atoms with Crippen molar-refractivity contribution in [2.75, 3.05) is 0 Å². The molecular weight excluding hydrogens is 376 g/mol. The van der Waals surface area contributed by atoms with Crippen molar-refractivity contribution in [2.24, 2.45) is 11.3 Å². The van der Waals surface area contributed by atoms with Crippen molar-refractivity contribution in [3.8, 4) is 5.75 Å². The highest BCUT2D eigenvalue weighted by Crippen LogP contribution is 2.73. The van der Waals surface area contributed by atoms with E-state index in [1.165, 1.54) is 30.9 Å². The zero-order chi connectivity index (χ0) is 21.3. The van der Waals surface area contributed by atoms with Gasteiger partial charge in [0.05, 0.1) is 0 Å². The molecule has 0 amide bonds. The lowest BCUT2D eigenvalue weighted by Crippen LogP contribution is -2.54. The number of carboxylic acids is 1. The van der Waals surface area contributed by atoms with Gasteiger partial charge in [-0.3, -0.25) is 4.79 Å². The summed E-state index contributed by atoms with van der Waals surface area (Å²) in [7, 11) is 0. The maximum absolute atomic E-state index is 13.2. The molecule has 1 heterocycles. The highest BCUT2D eigenvalue weighted by Gasteiger charge is 2.73. The van der Waals surface area contributed by atoms with Crippen LogP contribution in [0.25, 0.3) is 6.08 Å². The van der Waals surface area contributed by atoms with E-state index in [1.54, 1.807) is 24.3 Å². The number of ketones is 1. The lowest BCUT2D eigenvalue weighted by atomic mass is 9.56. The van der Waals surface area contributed by atoms with Gasteiger partial charge in [0.2, 0.25) is 0 Å². The van der Waals surface area contributed by atoms with Gasteiger partial charge in [-0.05, 0) is 67.4 Å². The predicted octanol–water partition coefficient (Wildman–Crippen LogP) is 5.24. The second-order valence-corrected chi connectivity index (χ2v) is 9.67. The summed E-state index contributed by atoms with van der Waals surface area (Å²) in [5, 5.41) is 8.75. The number of benzene rings is 2. The summed E-state index contributed by atoms with van der Waals surface area (Å²) in [6, 6.07) is 12.9. The molecule has 2 saturated carbocycles. The van der Waals surface area contributed by atoms with Crippen molar-refractivity contribution < 1.29 is 19.4 Å². The SMILES string of the molecule is CC12CCC(C1)C1(C)Oc3ccc(C(=O)c4ccc(/C=C/C(=O)O)cc4)cc3C21C. The highest BCUT2D eigenvalue weighted by molar-refractivity contribution is 6.09. The molecule has 2 bridgehead atoms. The first-order valence-corrected chi connectivity index (χ1v) is 10.6. The second-order valence-electron chi connectivity index (χ2n) is 9.67. The van der Waals surface area contributed by atoms with E-state index in [-0.39, 0.29) is 22.2 Å². The van der Waals surface area contributed by atoms with Gasteiger partial charge in [0.1, 0.15) is 11.4 Å². The van der Waals surface area contributed by atoms with E-state index < -0.39 is 5.97 Å². The van der Waals surface area contributed by atoms with Gasteiger partial charge in [-0.1, -0.05) is 38.1 Å². The number of rotatable bonds is 4. The van der Waals surface area contributed by atoms with Crippen molar-refractivity contribution in [2.45, 2.75) is 51.0 Å². The lowest BCUT2D eigenvalue weighted by Gasteiger charge is -2.48. The number of hydrogen-bond acceptors (Lipinski definition) is 3. The molecule has 2 aromatic carbocycles. The monoisotopic (exact) mass is 402 g/mol. The summed E-state index contributed by atoms with van der Waals surface area (Å²) in [6.07, 6.45) is 6.20. The van der Waals surface area contributed by atoms with Crippen LogP contribution in [-0.2, 0) is 10.2 Å². The Kier molecular flexibility index (Phi) is 3.86. The van der Waals surface area contributed by atoms with Crippen LogP contribution in [0.1, 0.15) is 67.1 Å². The van der Waals surface area contributed by atoms with Crippen LogP contribution in [0.5, 0.6) is 5.75 Å². The molecule has 5 rings (SSSR count). The Hall–Kier alpha value is -2.88. The summed E-state index contributed by atoms with van der Waals surface area (Å²) in [6.45, 7) is 6.97. The van der Waals surface area contributed by atoms with Crippen molar-refractivity contribution >= 4 is 17.8 Å². The van der Waals surface area contributed by atoms with Crippen molar-refractivity contribution in [1.29, 1.82) is 0 Å². The first kappa shape index (κ1) is 19.1. The van der Waals surface area contributed by atoms with Crippen molar-refractivity contribution in [1.82, 2.24) is 0 Å². The molecule has 4 unspecified atom stereocenters. The number of aliphatic carboxylic acids is 1. The fourth-order valence-electron chi connectivity index (χ4n) is 6.41. The molecule has 4 heteroatoms. The molecule has 0 saturated heterocycles. The zero-order valence-corrected chi connectivity index (χ0v) is 17.6. The molecule has 4 nitrogen and oxygen atoms in total. The summed E-state index contributed by atoms with van der Waals surface area (Å²) in [5.74, 6) is 0.455. The minimum atomic E-state index is -0.995.